The lowest BCUT2D eigenvalue weighted by atomic mass is 10.1. The maximum Gasteiger partial charge on any atom is 0.330 e. The van der Waals surface area contributed by atoms with E-state index in [1.54, 1.807) is 21.6 Å². The number of carbonyl (C=O) groups is 2. The number of hydrogen-bond acceptors (Lipinski definition) is 6. The van der Waals surface area contributed by atoms with E-state index in [-0.39, 0.29) is 5.97 Å². The zero-order valence-corrected chi connectivity index (χ0v) is 15.9. The van der Waals surface area contributed by atoms with Crippen LogP contribution in [0.5, 0.6) is 0 Å². The summed E-state index contributed by atoms with van der Waals surface area (Å²) < 4.78 is 10.0. The molecule has 0 spiro atoms. The van der Waals surface area contributed by atoms with Crippen LogP contribution in [0.25, 0.3) is 0 Å². The maximum atomic E-state index is 11.5. The summed E-state index contributed by atoms with van der Waals surface area (Å²) in [6.45, 7) is 6.45. The molecule has 0 saturated carbocycles. The topological polar surface area (TPSA) is 52.6 Å². The summed E-state index contributed by atoms with van der Waals surface area (Å²) in [6.07, 6.45) is 10.1. The first kappa shape index (κ1) is 22.4. The Labute approximate surface area is 148 Å². The van der Waals surface area contributed by atoms with Crippen LogP contribution in [0.4, 0.5) is 0 Å². The molecule has 0 bridgehead atoms. The lowest BCUT2D eigenvalue weighted by Gasteiger charge is -2.05. The van der Waals surface area contributed by atoms with Crippen LogP contribution in [0.2, 0.25) is 0 Å². The van der Waals surface area contributed by atoms with Gasteiger partial charge in [0.15, 0.2) is 0 Å². The van der Waals surface area contributed by atoms with Gasteiger partial charge >= 0.3 is 11.9 Å². The van der Waals surface area contributed by atoms with Crippen LogP contribution in [0, 0.1) is 0 Å². The fourth-order valence-electron chi connectivity index (χ4n) is 1.80. The Balaban J connectivity index is 3.22. The third-order valence-corrected chi connectivity index (χ3v) is 5.43. The molecule has 4 nitrogen and oxygen atoms in total. The van der Waals surface area contributed by atoms with Crippen LogP contribution in [0.1, 0.15) is 58.3 Å². The molecule has 0 aliphatic heterocycles. The van der Waals surface area contributed by atoms with Gasteiger partial charge in [0.25, 0.3) is 0 Å². The van der Waals surface area contributed by atoms with Crippen LogP contribution in [-0.4, -0.2) is 36.7 Å². The van der Waals surface area contributed by atoms with Gasteiger partial charge in [-0.05, 0) is 6.42 Å². The standard InChI is InChI=1S/C17H30O4S2/c1-3-5-6-7-8-9-10-12-20-17(19)11-14-22-23-15-13-21-16(18)4-2/h4H,2-3,5-15H2,1H3. The van der Waals surface area contributed by atoms with E-state index >= 15 is 0 Å². The average molecular weight is 363 g/mol. The van der Waals surface area contributed by atoms with Crippen LogP contribution in [-0.2, 0) is 19.1 Å². The van der Waals surface area contributed by atoms with Gasteiger partial charge in [0.05, 0.1) is 13.0 Å². The summed E-state index contributed by atoms with van der Waals surface area (Å²) in [4.78, 5) is 22.3. The molecule has 0 fully saturated rings. The molecule has 0 aliphatic rings. The van der Waals surface area contributed by atoms with Crippen molar-refractivity contribution in [3.63, 3.8) is 0 Å². The van der Waals surface area contributed by atoms with Gasteiger partial charge in [0, 0.05) is 17.6 Å². The van der Waals surface area contributed by atoms with Gasteiger partial charge in [-0.1, -0.05) is 73.6 Å². The molecule has 0 radical (unpaired) electrons. The number of hydrogen-bond donors (Lipinski definition) is 0. The van der Waals surface area contributed by atoms with E-state index < -0.39 is 5.97 Å². The van der Waals surface area contributed by atoms with Crippen LogP contribution in [0.15, 0.2) is 12.7 Å². The largest absolute Gasteiger partial charge is 0.466 e. The number of unbranched alkanes of at least 4 members (excludes halogenated alkanes) is 6. The van der Waals surface area contributed by atoms with Crippen molar-refractivity contribution in [1.82, 2.24) is 0 Å². The minimum absolute atomic E-state index is 0.123. The van der Waals surface area contributed by atoms with Gasteiger partial charge in [-0.3, -0.25) is 4.79 Å². The van der Waals surface area contributed by atoms with Crippen molar-refractivity contribution < 1.29 is 19.1 Å². The Morgan fingerprint density at radius 1 is 0.913 bits per heavy atom. The first-order valence-corrected chi connectivity index (χ1v) is 10.9. The summed E-state index contributed by atoms with van der Waals surface area (Å²) in [5.41, 5.74) is 0. The quantitative estimate of drug-likeness (QED) is 0.170. The lowest BCUT2D eigenvalue weighted by molar-refractivity contribution is -0.143. The predicted octanol–water partition coefficient (Wildman–Crippen LogP) is 4.78. The normalized spacial score (nSPS) is 10.3. The first-order valence-electron chi connectivity index (χ1n) is 8.40. The van der Waals surface area contributed by atoms with Crippen molar-refractivity contribution in [3.8, 4) is 0 Å². The fraction of sp³-hybridized carbons (Fsp3) is 0.765. The molecule has 0 atom stereocenters. The third kappa shape index (κ3) is 17.6. The molecule has 0 unspecified atom stereocenters. The number of esters is 2. The molecular formula is C17H30O4S2. The molecule has 0 rings (SSSR count). The predicted molar refractivity (Wildman–Crippen MR) is 99.6 cm³/mol. The maximum absolute atomic E-state index is 11.5. The Morgan fingerprint density at radius 3 is 2.26 bits per heavy atom. The molecule has 0 aliphatic carbocycles. The van der Waals surface area contributed by atoms with Crippen LogP contribution in [0.3, 0.4) is 0 Å². The highest BCUT2D eigenvalue weighted by Gasteiger charge is 2.03. The van der Waals surface area contributed by atoms with E-state index in [0.29, 0.717) is 25.4 Å². The highest BCUT2D eigenvalue weighted by Crippen LogP contribution is 2.21. The molecular weight excluding hydrogens is 332 g/mol. The molecule has 0 N–H and O–H groups in total. The molecule has 0 amide bonds. The van der Waals surface area contributed by atoms with E-state index in [0.717, 1.165) is 24.7 Å². The molecule has 0 aromatic rings. The second kappa shape index (κ2) is 17.7. The summed E-state index contributed by atoms with van der Waals surface area (Å²) in [6, 6.07) is 0. The van der Waals surface area contributed by atoms with E-state index in [4.69, 9.17) is 9.47 Å². The van der Waals surface area contributed by atoms with Gasteiger partial charge in [-0.15, -0.1) is 0 Å². The average Bonchev–Trinajstić information content (AvgIpc) is 2.56. The second-order valence-electron chi connectivity index (χ2n) is 5.11. The number of ether oxygens (including phenoxy) is 2. The third-order valence-electron chi connectivity index (χ3n) is 3.06. The molecule has 0 aromatic carbocycles. The van der Waals surface area contributed by atoms with E-state index in [1.165, 1.54) is 32.1 Å². The van der Waals surface area contributed by atoms with Crippen molar-refractivity contribution >= 4 is 33.5 Å². The minimum Gasteiger partial charge on any atom is -0.466 e. The summed E-state index contributed by atoms with van der Waals surface area (Å²) in [5, 5.41) is 0. The zero-order chi connectivity index (χ0) is 17.2. The number of carbonyl (C=O) groups excluding carboxylic acids is 2. The fourth-order valence-corrected chi connectivity index (χ4v) is 3.59. The molecule has 0 saturated heterocycles. The van der Waals surface area contributed by atoms with E-state index in [9.17, 15) is 9.59 Å². The Bertz CT molecular complexity index is 322. The van der Waals surface area contributed by atoms with Crippen LogP contribution >= 0.6 is 21.6 Å². The van der Waals surface area contributed by atoms with Gasteiger partial charge < -0.3 is 9.47 Å². The SMILES string of the molecule is C=CC(=O)OCCSSCCC(=O)OCCCCCCCCC. The van der Waals surface area contributed by atoms with Crippen molar-refractivity contribution in [3.05, 3.63) is 12.7 Å². The molecule has 134 valence electrons. The monoisotopic (exact) mass is 362 g/mol. The van der Waals surface area contributed by atoms with Crippen LogP contribution < -0.4 is 0 Å². The smallest absolute Gasteiger partial charge is 0.330 e. The zero-order valence-electron chi connectivity index (χ0n) is 14.2. The Morgan fingerprint density at radius 2 is 1.57 bits per heavy atom. The Kier molecular flexibility index (Phi) is 17.3. The summed E-state index contributed by atoms with van der Waals surface area (Å²) in [7, 11) is 3.18. The van der Waals surface area contributed by atoms with Crippen molar-refractivity contribution in [2.24, 2.45) is 0 Å². The lowest BCUT2D eigenvalue weighted by Crippen LogP contribution is -2.06. The molecule has 0 aromatic heterocycles. The minimum atomic E-state index is -0.399. The van der Waals surface area contributed by atoms with Gasteiger partial charge in [0.1, 0.15) is 6.61 Å². The summed E-state index contributed by atoms with van der Waals surface area (Å²) in [5.74, 6) is 0.902. The summed E-state index contributed by atoms with van der Waals surface area (Å²) >= 11 is 0. The first-order chi connectivity index (χ1) is 11.2. The molecule has 0 heterocycles. The van der Waals surface area contributed by atoms with Gasteiger partial charge in [-0.25, -0.2) is 4.79 Å². The van der Waals surface area contributed by atoms with Gasteiger partial charge in [-0.2, -0.15) is 0 Å². The van der Waals surface area contributed by atoms with Crippen molar-refractivity contribution in [1.29, 1.82) is 0 Å². The highest BCUT2D eigenvalue weighted by molar-refractivity contribution is 8.76. The second-order valence-corrected chi connectivity index (χ2v) is 7.81. The van der Waals surface area contributed by atoms with Crippen molar-refractivity contribution in [2.75, 3.05) is 24.7 Å². The highest BCUT2D eigenvalue weighted by atomic mass is 33.1. The Hall–Kier alpha value is -0.620. The van der Waals surface area contributed by atoms with E-state index in [1.807, 2.05) is 0 Å². The van der Waals surface area contributed by atoms with Gasteiger partial charge in [0.2, 0.25) is 0 Å². The molecule has 6 heteroatoms. The molecule has 23 heavy (non-hydrogen) atoms. The van der Waals surface area contributed by atoms with Crippen molar-refractivity contribution in [2.45, 2.75) is 58.3 Å². The van der Waals surface area contributed by atoms with E-state index in [2.05, 4.69) is 13.5 Å². The number of rotatable bonds is 16.